The van der Waals surface area contributed by atoms with Gasteiger partial charge in [0.05, 0.1) is 11.4 Å². The van der Waals surface area contributed by atoms with Crippen LogP contribution in [0.4, 0.5) is 17.1 Å². The molecule has 1 nitrogen and oxygen atoms in total. The summed E-state index contributed by atoms with van der Waals surface area (Å²) in [7, 11) is 0. The lowest BCUT2D eigenvalue weighted by molar-refractivity contribution is 0.714. The Morgan fingerprint density at radius 3 is 1.63 bits per heavy atom. The van der Waals surface area contributed by atoms with E-state index < -0.39 is 0 Å². The van der Waals surface area contributed by atoms with Gasteiger partial charge in [-0.2, -0.15) is 0 Å². The van der Waals surface area contributed by atoms with E-state index in [0.29, 0.717) is 0 Å². The van der Waals surface area contributed by atoms with Gasteiger partial charge in [0.2, 0.25) is 0 Å². The molecule has 1 unspecified atom stereocenters. The van der Waals surface area contributed by atoms with E-state index in [1.165, 1.54) is 88.1 Å². The molecule has 11 rings (SSSR count). The number of fused-ring (bicyclic) bond motifs is 7. The van der Waals surface area contributed by atoms with Crippen LogP contribution in [-0.4, -0.2) is 0 Å². The highest BCUT2D eigenvalue weighted by atomic mass is 15.1. The Labute approximate surface area is 333 Å². The second-order valence-electron chi connectivity index (χ2n) is 15.3. The number of benzene rings is 10. The fourth-order valence-electron chi connectivity index (χ4n) is 9.73. The molecule has 0 fully saturated rings. The maximum Gasteiger partial charge on any atom is 0.0543 e. The van der Waals surface area contributed by atoms with E-state index >= 15 is 0 Å². The second kappa shape index (κ2) is 13.2. The lowest BCUT2D eigenvalue weighted by Gasteiger charge is -2.31. The Bertz CT molecular complexity index is 3120. The first-order valence-corrected chi connectivity index (χ1v) is 19.9. The SMILES string of the molecule is CC1(c2ccccc2)c2ccccc2-c2c(N(c3ccc4c(c3)c(-c3ccccc3)c(-c3ccccc3)c3ccccc34)c3cccc4ccccc34)cccc21. The van der Waals surface area contributed by atoms with E-state index in [1.807, 2.05) is 0 Å². The third kappa shape index (κ3) is 5.09. The molecule has 0 aliphatic heterocycles. The zero-order valence-corrected chi connectivity index (χ0v) is 31.7. The summed E-state index contributed by atoms with van der Waals surface area (Å²) in [5.41, 5.74) is 14.5. The molecule has 0 heterocycles. The average Bonchev–Trinajstić information content (AvgIpc) is 3.56. The molecular weight excluding hydrogens is 687 g/mol. The van der Waals surface area contributed by atoms with Crippen molar-refractivity contribution < 1.29 is 0 Å². The Morgan fingerprint density at radius 2 is 0.877 bits per heavy atom. The summed E-state index contributed by atoms with van der Waals surface area (Å²) < 4.78 is 0. The Balaban J connectivity index is 1.26. The van der Waals surface area contributed by atoms with E-state index in [1.54, 1.807) is 0 Å². The minimum absolute atomic E-state index is 0.318. The quantitative estimate of drug-likeness (QED) is 0.154. The summed E-state index contributed by atoms with van der Waals surface area (Å²) in [4.78, 5) is 2.53. The number of rotatable bonds is 6. The van der Waals surface area contributed by atoms with E-state index in [4.69, 9.17) is 0 Å². The van der Waals surface area contributed by atoms with E-state index in [-0.39, 0.29) is 5.41 Å². The highest BCUT2D eigenvalue weighted by Gasteiger charge is 2.42. The smallest absolute Gasteiger partial charge is 0.0543 e. The van der Waals surface area contributed by atoms with Crippen LogP contribution >= 0.6 is 0 Å². The van der Waals surface area contributed by atoms with Crippen LogP contribution in [-0.2, 0) is 5.41 Å². The highest BCUT2D eigenvalue weighted by molar-refractivity contribution is 6.22. The van der Waals surface area contributed by atoms with Gasteiger partial charge >= 0.3 is 0 Å². The number of nitrogens with zero attached hydrogens (tertiary/aromatic N) is 1. The molecular formula is C56H39N. The molecule has 0 radical (unpaired) electrons. The van der Waals surface area contributed by atoms with Crippen LogP contribution in [0.1, 0.15) is 23.6 Å². The highest BCUT2D eigenvalue weighted by Crippen LogP contribution is 2.57. The van der Waals surface area contributed by atoms with Gasteiger partial charge in [-0.1, -0.05) is 194 Å². The van der Waals surface area contributed by atoms with Crippen molar-refractivity contribution in [3.8, 4) is 33.4 Å². The molecule has 10 aromatic carbocycles. The summed E-state index contributed by atoms with van der Waals surface area (Å²) in [6.45, 7) is 2.40. The molecule has 0 saturated carbocycles. The molecule has 0 amide bonds. The molecule has 1 aliphatic rings. The van der Waals surface area contributed by atoms with Gasteiger partial charge in [-0.05, 0) is 103 Å². The van der Waals surface area contributed by atoms with Gasteiger partial charge in [0.15, 0.2) is 0 Å². The third-order valence-corrected chi connectivity index (χ3v) is 12.3. The molecule has 0 bridgehead atoms. The minimum Gasteiger partial charge on any atom is -0.309 e. The summed E-state index contributed by atoms with van der Waals surface area (Å²) in [5.74, 6) is 0. The van der Waals surface area contributed by atoms with Crippen molar-refractivity contribution in [3.05, 3.63) is 235 Å². The van der Waals surface area contributed by atoms with Gasteiger partial charge in [-0.15, -0.1) is 0 Å². The standard InChI is InChI=1S/C56H39N/c1-56(41-25-9-4-10-26-41)49-31-16-15-30-47(49)55-50(56)32-18-34-52(55)57(51-33-17-24-38-19-11-12-27-43(38)51)42-35-36-45-44-28-13-14-29-46(44)53(39-20-5-2-6-21-39)54(48(45)37-42)40-22-7-3-8-23-40/h2-37H,1H3. The van der Waals surface area contributed by atoms with Crippen LogP contribution in [0.25, 0.3) is 65.7 Å². The lowest BCUT2D eigenvalue weighted by atomic mass is 9.74. The fraction of sp³-hybridized carbons (Fsp3) is 0.0357. The van der Waals surface area contributed by atoms with Crippen molar-refractivity contribution in [1.29, 1.82) is 0 Å². The van der Waals surface area contributed by atoms with Gasteiger partial charge in [0.25, 0.3) is 0 Å². The molecule has 0 N–H and O–H groups in total. The van der Waals surface area contributed by atoms with E-state index in [9.17, 15) is 0 Å². The lowest BCUT2D eigenvalue weighted by Crippen LogP contribution is -2.22. The molecule has 0 spiro atoms. The molecule has 57 heavy (non-hydrogen) atoms. The maximum absolute atomic E-state index is 2.53. The van der Waals surface area contributed by atoms with Crippen LogP contribution in [0, 0.1) is 0 Å². The second-order valence-corrected chi connectivity index (χ2v) is 15.3. The van der Waals surface area contributed by atoms with Gasteiger partial charge in [0.1, 0.15) is 0 Å². The maximum atomic E-state index is 2.53. The van der Waals surface area contributed by atoms with E-state index in [2.05, 4.69) is 230 Å². The zero-order valence-electron chi connectivity index (χ0n) is 31.7. The summed E-state index contributed by atoms with van der Waals surface area (Å²) >= 11 is 0. The van der Waals surface area contributed by atoms with Gasteiger partial charge < -0.3 is 4.90 Å². The van der Waals surface area contributed by atoms with Crippen molar-refractivity contribution in [3.63, 3.8) is 0 Å². The van der Waals surface area contributed by atoms with Crippen LogP contribution in [0.3, 0.4) is 0 Å². The Kier molecular flexibility index (Phi) is 7.69. The number of hydrogen-bond donors (Lipinski definition) is 0. The first-order valence-electron chi connectivity index (χ1n) is 19.9. The van der Waals surface area contributed by atoms with Crippen molar-refractivity contribution in [2.45, 2.75) is 12.3 Å². The number of hydrogen-bond acceptors (Lipinski definition) is 1. The Morgan fingerprint density at radius 1 is 0.351 bits per heavy atom. The predicted molar refractivity (Wildman–Crippen MR) is 242 cm³/mol. The predicted octanol–water partition coefficient (Wildman–Crippen LogP) is 15.3. The van der Waals surface area contributed by atoms with Crippen LogP contribution in [0.2, 0.25) is 0 Å². The van der Waals surface area contributed by atoms with Gasteiger partial charge in [-0.25, -0.2) is 0 Å². The summed E-state index contributed by atoms with van der Waals surface area (Å²) in [6.07, 6.45) is 0. The molecule has 268 valence electrons. The molecule has 1 atom stereocenters. The largest absolute Gasteiger partial charge is 0.309 e. The first-order chi connectivity index (χ1) is 28.2. The summed E-state index contributed by atoms with van der Waals surface area (Å²) in [5, 5.41) is 7.40. The first kappa shape index (κ1) is 33.1. The monoisotopic (exact) mass is 725 g/mol. The molecule has 0 saturated heterocycles. The van der Waals surface area contributed by atoms with Crippen molar-refractivity contribution in [2.24, 2.45) is 0 Å². The van der Waals surface area contributed by atoms with Crippen LogP contribution in [0.5, 0.6) is 0 Å². The minimum atomic E-state index is -0.318. The van der Waals surface area contributed by atoms with Crippen LogP contribution < -0.4 is 4.90 Å². The molecule has 1 heteroatoms. The molecule has 0 aromatic heterocycles. The topological polar surface area (TPSA) is 3.24 Å². The Hall–Kier alpha value is -7.22. The normalized spacial score (nSPS) is 14.5. The summed E-state index contributed by atoms with van der Waals surface area (Å²) in [6, 6.07) is 80.4. The molecule has 1 aliphatic carbocycles. The fourth-order valence-corrected chi connectivity index (χ4v) is 9.73. The third-order valence-electron chi connectivity index (χ3n) is 12.3. The van der Waals surface area contributed by atoms with Crippen molar-refractivity contribution in [1.82, 2.24) is 0 Å². The zero-order chi connectivity index (χ0) is 37.9. The van der Waals surface area contributed by atoms with Crippen molar-refractivity contribution in [2.75, 3.05) is 4.90 Å². The van der Waals surface area contributed by atoms with Gasteiger partial charge in [0, 0.05) is 22.1 Å². The van der Waals surface area contributed by atoms with Gasteiger partial charge in [-0.3, -0.25) is 0 Å². The number of anilines is 3. The average molecular weight is 726 g/mol. The molecule has 10 aromatic rings. The van der Waals surface area contributed by atoms with Crippen LogP contribution in [0.15, 0.2) is 218 Å². The van der Waals surface area contributed by atoms with E-state index in [0.717, 1.165) is 11.4 Å². The van der Waals surface area contributed by atoms with Crippen molar-refractivity contribution >= 4 is 49.4 Å².